The predicted molar refractivity (Wildman–Crippen MR) is 73.7 cm³/mol. The van der Waals surface area contributed by atoms with Crippen molar-refractivity contribution in [2.24, 2.45) is 0 Å². The summed E-state index contributed by atoms with van der Waals surface area (Å²) in [5.74, 6) is 0.333. The van der Waals surface area contributed by atoms with Crippen LogP contribution in [0.2, 0.25) is 0 Å². The fraction of sp³-hybridized carbons (Fsp3) is 0.267. The van der Waals surface area contributed by atoms with E-state index in [4.69, 9.17) is 11.6 Å². The van der Waals surface area contributed by atoms with Gasteiger partial charge in [0.15, 0.2) is 5.78 Å². The van der Waals surface area contributed by atoms with Crippen molar-refractivity contribution in [1.82, 2.24) is 0 Å². The molecule has 0 bridgehead atoms. The van der Waals surface area contributed by atoms with Crippen LogP contribution in [0.4, 0.5) is 0 Å². The van der Waals surface area contributed by atoms with Crippen molar-refractivity contribution < 1.29 is 9.90 Å². The Morgan fingerprint density at radius 2 is 2.22 bits per heavy atom. The summed E-state index contributed by atoms with van der Waals surface area (Å²) in [7, 11) is 0. The van der Waals surface area contributed by atoms with Crippen molar-refractivity contribution in [3.05, 3.63) is 47.6 Å². The number of hydrogen-bond donors (Lipinski definition) is 1. The summed E-state index contributed by atoms with van der Waals surface area (Å²) in [4.78, 5) is 11.7. The molecule has 1 aliphatic carbocycles. The number of phenolic OH excluding ortho intramolecular Hbond substituents is 1. The molecule has 18 heavy (non-hydrogen) atoms. The second-order valence-corrected chi connectivity index (χ2v) is 4.84. The molecule has 2 rings (SSSR count). The van der Waals surface area contributed by atoms with Gasteiger partial charge in [-0.05, 0) is 29.7 Å². The topological polar surface area (TPSA) is 37.3 Å². The molecule has 0 aromatic heterocycles. The number of phenols is 1. The molecule has 0 spiro atoms. The number of carbonyl (C=O) groups excluding carboxylic acids is 1. The number of Topliss-reactive ketones (excluding diaryl/α,β-unsaturated/α-hetero) is 1. The van der Waals surface area contributed by atoms with Crippen LogP contribution in [0, 0.1) is 0 Å². The lowest BCUT2D eigenvalue weighted by atomic mass is 9.90. The predicted octanol–water partition coefficient (Wildman–Crippen LogP) is 3.69. The van der Waals surface area contributed by atoms with Crippen LogP contribution in [0.5, 0.6) is 5.75 Å². The van der Waals surface area contributed by atoms with E-state index in [1.807, 2.05) is 19.1 Å². The third-order valence-electron chi connectivity index (χ3n) is 3.06. The Morgan fingerprint density at radius 3 is 2.83 bits per heavy atom. The molecule has 0 amide bonds. The molecule has 1 aromatic rings. The van der Waals surface area contributed by atoms with Gasteiger partial charge in [0.05, 0.1) is 5.38 Å². The molecule has 0 saturated carbocycles. The summed E-state index contributed by atoms with van der Waals surface area (Å²) in [6, 6.07) is 7.06. The molecular formula is C15H15ClO2. The van der Waals surface area contributed by atoms with E-state index >= 15 is 0 Å². The molecule has 2 nitrogen and oxygen atoms in total. The van der Waals surface area contributed by atoms with Crippen LogP contribution in [0.25, 0.3) is 5.57 Å². The van der Waals surface area contributed by atoms with Crippen molar-refractivity contribution in [2.45, 2.75) is 25.1 Å². The Labute approximate surface area is 112 Å². The molecule has 1 atom stereocenters. The molecule has 0 radical (unpaired) electrons. The number of rotatable bonds is 3. The number of hydrogen-bond acceptors (Lipinski definition) is 2. The monoisotopic (exact) mass is 262 g/mol. The van der Waals surface area contributed by atoms with Gasteiger partial charge in [0.1, 0.15) is 5.75 Å². The Bertz CT molecular complexity index is 529. The van der Waals surface area contributed by atoms with Crippen LogP contribution < -0.4 is 0 Å². The fourth-order valence-corrected chi connectivity index (χ4v) is 2.42. The summed E-state index contributed by atoms with van der Waals surface area (Å²) in [5, 5.41) is 9.18. The molecule has 3 heteroatoms. The summed E-state index contributed by atoms with van der Waals surface area (Å²) in [5.41, 5.74) is 2.67. The number of carbonyl (C=O) groups is 1. The third-order valence-corrected chi connectivity index (χ3v) is 3.45. The van der Waals surface area contributed by atoms with Crippen LogP contribution in [-0.2, 0) is 4.79 Å². The van der Waals surface area contributed by atoms with E-state index in [9.17, 15) is 9.90 Å². The van der Waals surface area contributed by atoms with Crippen molar-refractivity contribution >= 4 is 23.0 Å². The molecule has 1 aliphatic rings. The van der Waals surface area contributed by atoms with E-state index in [-0.39, 0.29) is 16.9 Å². The first-order chi connectivity index (χ1) is 8.61. The van der Waals surface area contributed by atoms with E-state index in [2.05, 4.69) is 0 Å². The van der Waals surface area contributed by atoms with Gasteiger partial charge < -0.3 is 5.11 Å². The Balaban J connectivity index is 2.30. The van der Waals surface area contributed by atoms with E-state index < -0.39 is 0 Å². The number of alkyl halides is 1. The van der Waals surface area contributed by atoms with E-state index in [0.717, 1.165) is 11.1 Å². The minimum Gasteiger partial charge on any atom is -0.508 e. The van der Waals surface area contributed by atoms with Gasteiger partial charge in [-0.2, -0.15) is 0 Å². The summed E-state index contributed by atoms with van der Waals surface area (Å²) in [6.07, 6.45) is 4.80. The number of ketones is 1. The molecule has 94 valence electrons. The zero-order chi connectivity index (χ0) is 13.1. The zero-order valence-electron chi connectivity index (χ0n) is 10.2. The number of benzene rings is 1. The molecule has 0 aliphatic heterocycles. The SMILES string of the molecule is CCC(=O)C1=CC=C(c2cccc(O)c2)CC1Cl. The van der Waals surface area contributed by atoms with Crippen molar-refractivity contribution in [1.29, 1.82) is 0 Å². The van der Waals surface area contributed by atoms with Gasteiger partial charge in [0, 0.05) is 12.0 Å². The first-order valence-corrected chi connectivity index (χ1v) is 6.43. The molecular weight excluding hydrogens is 248 g/mol. The van der Waals surface area contributed by atoms with Crippen LogP contribution >= 0.6 is 11.6 Å². The average molecular weight is 263 g/mol. The van der Waals surface area contributed by atoms with Gasteiger partial charge in [-0.1, -0.05) is 31.2 Å². The van der Waals surface area contributed by atoms with Gasteiger partial charge in [-0.25, -0.2) is 0 Å². The Morgan fingerprint density at radius 1 is 1.44 bits per heavy atom. The standard InChI is InChI=1S/C15H15ClO2/c1-2-15(18)13-7-6-11(9-14(13)16)10-4-3-5-12(17)8-10/h3-8,14,17H,2,9H2,1H3. The summed E-state index contributed by atoms with van der Waals surface area (Å²) >= 11 is 6.25. The zero-order valence-corrected chi connectivity index (χ0v) is 10.9. The highest BCUT2D eigenvalue weighted by Gasteiger charge is 2.22. The number of aromatic hydroxyl groups is 1. The second kappa shape index (κ2) is 5.40. The maximum absolute atomic E-state index is 11.7. The molecule has 0 heterocycles. The van der Waals surface area contributed by atoms with Crippen molar-refractivity contribution in [2.75, 3.05) is 0 Å². The summed E-state index contributed by atoms with van der Waals surface area (Å²) in [6.45, 7) is 1.83. The van der Waals surface area contributed by atoms with Gasteiger partial charge in [0.2, 0.25) is 0 Å². The average Bonchev–Trinajstić information content (AvgIpc) is 2.37. The summed E-state index contributed by atoms with van der Waals surface area (Å²) < 4.78 is 0. The second-order valence-electron chi connectivity index (χ2n) is 4.31. The van der Waals surface area contributed by atoms with Gasteiger partial charge >= 0.3 is 0 Å². The Kier molecular flexibility index (Phi) is 3.87. The molecule has 0 saturated heterocycles. The van der Waals surface area contributed by atoms with Crippen molar-refractivity contribution in [3.8, 4) is 5.75 Å². The quantitative estimate of drug-likeness (QED) is 0.844. The lowest BCUT2D eigenvalue weighted by molar-refractivity contribution is -0.115. The minimum atomic E-state index is -0.278. The maximum atomic E-state index is 11.7. The van der Waals surface area contributed by atoms with Gasteiger partial charge in [-0.15, -0.1) is 11.6 Å². The maximum Gasteiger partial charge on any atom is 0.160 e. The van der Waals surface area contributed by atoms with E-state index in [1.54, 1.807) is 24.3 Å². The molecule has 1 N–H and O–H groups in total. The number of allylic oxidation sites excluding steroid dienone is 4. The molecule has 0 fully saturated rings. The highest BCUT2D eigenvalue weighted by Crippen LogP contribution is 2.32. The molecule has 1 aromatic carbocycles. The number of halogens is 1. The normalized spacial score (nSPS) is 19.1. The highest BCUT2D eigenvalue weighted by atomic mass is 35.5. The van der Waals surface area contributed by atoms with Crippen LogP contribution in [0.1, 0.15) is 25.3 Å². The smallest absolute Gasteiger partial charge is 0.160 e. The van der Waals surface area contributed by atoms with Crippen LogP contribution in [-0.4, -0.2) is 16.3 Å². The molecule has 1 unspecified atom stereocenters. The van der Waals surface area contributed by atoms with E-state index in [1.165, 1.54) is 0 Å². The lowest BCUT2D eigenvalue weighted by Gasteiger charge is -2.19. The minimum absolute atomic E-state index is 0.0983. The lowest BCUT2D eigenvalue weighted by Crippen LogP contribution is -2.15. The van der Waals surface area contributed by atoms with Crippen molar-refractivity contribution in [3.63, 3.8) is 0 Å². The largest absolute Gasteiger partial charge is 0.508 e. The third kappa shape index (κ3) is 2.65. The van der Waals surface area contributed by atoms with Crippen LogP contribution in [0.3, 0.4) is 0 Å². The van der Waals surface area contributed by atoms with Crippen LogP contribution in [0.15, 0.2) is 42.0 Å². The van der Waals surface area contributed by atoms with Gasteiger partial charge in [0.25, 0.3) is 0 Å². The first-order valence-electron chi connectivity index (χ1n) is 5.99. The fourth-order valence-electron chi connectivity index (χ4n) is 2.06. The van der Waals surface area contributed by atoms with Gasteiger partial charge in [-0.3, -0.25) is 4.79 Å². The Hall–Kier alpha value is -1.54. The first kappa shape index (κ1) is 12.9. The highest BCUT2D eigenvalue weighted by molar-refractivity contribution is 6.26. The van der Waals surface area contributed by atoms with E-state index in [0.29, 0.717) is 18.4 Å².